The van der Waals surface area contributed by atoms with E-state index in [0.717, 1.165) is 6.07 Å². The Kier molecular flexibility index (Phi) is 7.36. The molecule has 160 valence electrons. The van der Waals surface area contributed by atoms with Crippen LogP contribution in [0.15, 0.2) is 42.5 Å². The van der Waals surface area contributed by atoms with Gasteiger partial charge in [0, 0.05) is 31.9 Å². The Morgan fingerprint density at radius 2 is 1.73 bits per heavy atom. The Hall–Kier alpha value is -2.55. The zero-order valence-electron chi connectivity index (χ0n) is 16.5. The number of piperazine rings is 1. The minimum atomic E-state index is -0.469. The van der Waals surface area contributed by atoms with Gasteiger partial charge >= 0.3 is 0 Å². The number of anilines is 2. The maximum absolute atomic E-state index is 13.2. The first-order valence-corrected chi connectivity index (χ1v) is 9.97. The standard InChI is InChI=1S/C21H23ClF2N4O2/c1-14(21(30)26-19-6-5-16(24)12-18(19)22)28-9-7-27(8-10-28)13-20(29)25-17-4-2-3-15(23)11-17/h2-6,11-12,14H,7-10,13H2,1H3,(H,25,29)(H,26,30)/t14-/m1/s1. The van der Waals surface area contributed by atoms with Crippen LogP contribution < -0.4 is 10.6 Å². The maximum Gasteiger partial charge on any atom is 0.241 e. The summed E-state index contributed by atoms with van der Waals surface area (Å²) in [7, 11) is 0. The molecule has 9 heteroatoms. The highest BCUT2D eigenvalue weighted by molar-refractivity contribution is 6.33. The molecule has 0 bridgehead atoms. The van der Waals surface area contributed by atoms with E-state index in [0.29, 0.717) is 37.6 Å². The van der Waals surface area contributed by atoms with Crippen molar-refractivity contribution in [1.29, 1.82) is 0 Å². The Morgan fingerprint density at radius 1 is 1.03 bits per heavy atom. The predicted octanol–water partition coefficient (Wildman–Crippen LogP) is 3.20. The first-order chi connectivity index (χ1) is 14.3. The second-order valence-corrected chi connectivity index (χ2v) is 7.57. The van der Waals surface area contributed by atoms with Gasteiger partial charge in [-0.2, -0.15) is 0 Å². The van der Waals surface area contributed by atoms with Gasteiger partial charge in [0.05, 0.1) is 23.3 Å². The number of hydrogen-bond acceptors (Lipinski definition) is 4. The topological polar surface area (TPSA) is 64.7 Å². The van der Waals surface area contributed by atoms with Crippen LogP contribution in [0.25, 0.3) is 0 Å². The van der Waals surface area contributed by atoms with E-state index in [1.165, 1.54) is 30.3 Å². The minimum Gasteiger partial charge on any atom is -0.325 e. The molecule has 2 aromatic rings. The zero-order valence-corrected chi connectivity index (χ0v) is 17.3. The molecule has 0 radical (unpaired) electrons. The monoisotopic (exact) mass is 436 g/mol. The average Bonchev–Trinajstić information content (AvgIpc) is 2.70. The molecule has 1 fully saturated rings. The molecule has 0 saturated carbocycles. The van der Waals surface area contributed by atoms with Crippen molar-refractivity contribution in [3.8, 4) is 0 Å². The van der Waals surface area contributed by atoms with E-state index in [-0.39, 0.29) is 23.4 Å². The molecule has 2 aromatic carbocycles. The predicted molar refractivity (Wildman–Crippen MR) is 113 cm³/mol. The van der Waals surface area contributed by atoms with Crippen LogP contribution in [0.5, 0.6) is 0 Å². The fourth-order valence-corrected chi connectivity index (χ4v) is 3.49. The Morgan fingerprint density at radius 3 is 2.40 bits per heavy atom. The van der Waals surface area contributed by atoms with Gasteiger partial charge in [0.15, 0.2) is 0 Å². The highest BCUT2D eigenvalue weighted by Gasteiger charge is 2.26. The van der Waals surface area contributed by atoms with Crippen molar-refractivity contribution >= 4 is 34.8 Å². The fraction of sp³-hybridized carbons (Fsp3) is 0.333. The van der Waals surface area contributed by atoms with Crippen molar-refractivity contribution in [3.63, 3.8) is 0 Å². The van der Waals surface area contributed by atoms with Crippen LogP contribution in [0.4, 0.5) is 20.2 Å². The van der Waals surface area contributed by atoms with E-state index in [9.17, 15) is 18.4 Å². The van der Waals surface area contributed by atoms with E-state index in [4.69, 9.17) is 11.6 Å². The summed E-state index contributed by atoms with van der Waals surface area (Å²) in [6.45, 7) is 4.43. The van der Waals surface area contributed by atoms with Crippen molar-refractivity contribution in [2.24, 2.45) is 0 Å². The number of hydrogen-bond donors (Lipinski definition) is 2. The largest absolute Gasteiger partial charge is 0.325 e. The van der Waals surface area contributed by atoms with Gasteiger partial charge in [-0.05, 0) is 43.3 Å². The number of carbonyl (C=O) groups excluding carboxylic acids is 2. The van der Waals surface area contributed by atoms with Gasteiger partial charge in [-0.25, -0.2) is 8.78 Å². The number of benzene rings is 2. The number of amides is 2. The number of nitrogens with zero attached hydrogens (tertiary/aromatic N) is 2. The van der Waals surface area contributed by atoms with Gasteiger partial charge < -0.3 is 10.6 Å². The highest BCUT2D eigenvalue weighted by Crippen LogP contribution is 2.23. The molecule has 1 saturated heterocycles. The molecule has 1 aliphatic heterocycles. The lowest BCUT2D eigenvalue weighted by molar-refractivity contribution is -0.122. The quantitative estimate of drug-likeness (QED) is 0.730. The van der Waals surface area contributed by atoms with Crippen molar-refractivity contribution < 1.29 is 18.4 Å². The molecule has 1 heterocycles. The molecule has 1 aliphatic rings. The average molecular weight is 437 g/mol. The smallest absolute Gasteiger partial charge is 0.241 e. The number of rotatable bonds is 6. The van der Waals surface area contributed by atoms with E-state index in [1.54, 1.807) is 13.0 Å². The molecule has 1 atom stereocenters. The van der Waals surface area contributed by atoms with Crippen molar-refractivity contribution in [2.45, 2.75) is 13.0 Å². The third-order valence-electron chi connectivity index (χ3n) is 5.00. The maximum atomic E-state index is 13.2. The second kappa shape index (κ2) is 9.97. The highest BCUT2D eigenvalue weighted by atomic mass is 35.5. The van der Waals surface area contributed by atoms with Gasteiger partial charge in [0.25, 0.3) is 0 Å². The summed E-state index contributed by atoms with van der Waals surface area (Å²) in [6.07, 6.45) is 0. The van der Waals surface area contributed by atoms with Crippen LogP contribution >= 0.6 is 11.6 Å². The van der Waals surface area contributed by atoms with Crippen molar-refractivity contribution in [2.75, 3.05) is 43.4 Å². The summed E-state index contributed by atoms with van der Waals surface area (Å²) >= 11 is 5.96. The van der Waals surface area contributed by atoms with Gasteiger partial charge in [-0.3, -0.25) is 19.4 Å². The van der Waals surface area contributed by atoms with Crippen LogP contribution in [0, 0.1) is 11.6 Å². The number of nitrogens with one attached hydrogen (secondary N) is 2. The summed E-state index contributed by atoms with van der Waals surface area (Å²) in [5.74, 6) is -1.33. The van der Waals surface area contributed by atoms with Crippen LogP contribution in [0.2, 0.25) is 5.02 Å². The van der Waals surface area contributed by atoms with Crippen molar-refractivity contribution in [3.05, 3.63) is 59.1 Å². The SMILES string of the molecule is C[C@H](C(=O)Nc1ccc(F)cc1Cl)N1CCN(CC(=O)Nc2cccc(F)c2)CC1. The Labute approximate surface area is 178 Å². The molecule has 0 aromatic heterocycles. The number of halogens is 3. The first-order valence-electron chi connectivity index (χ1n) is 9.59. The summed E-state index contributed by atoms with van der Waals surface area (Å²) in [5, 5.41) is 5.55. The molecular formula is C21H23ClF2N4O2. The summed E-state index contributed by atoms with van der Waals surface area (Å²) in [6, 6.07) is 9.16. The fourth-order valence-electron chi connectivity index (χ4n) is 3.27. The molecule has 3 rings (SSSR count). The van der Waals surface area contributed by atoms with Gasteiger partial charge in [-0.15, -0.1) is 0 Å². The first kappa shape index (κ1) is 22.1. The van der Waals surface area contributed by atoms with Crippen LogP contribution in [-0.2, 0) is 9.59 Å². The molecule has 0 spiro atoms. The third-order valence-corrected chi connectivity index (χ3v) is 5.31. The normalized spacial score (nSPS) is 16.1. The Bertz CT molecular complexity index is 920. The molecule has 2 amide bonds. The van der Waals surface area contributed by atoms with Gasteiger partial charge in [0.1, 0.15) is 11.6 Å². The van der Waals surface area contributed by atoms with Crippen molar-refractivity contribution in [1.82, 2.24) is 9.80 Å². The van der Waals surface area contributed by atoms with Gasteiger partial charge in [-0.1, -0.05) is 17.7 Å². The lowest BCUT2D eigenvalue weighted by Gasteiger charge is -2.37. The summed E-state index contributed by atoms with van der Waals surface area (Å²) in [5.41, 5.74) is 0.783. The minimum absolute atomic E-state index is 0.143. The molecular weight excluding hydrogens is 414 g/mol. The molecule has 0 aliphatic carbocycles. The van der Waals surface area contributed by atoms with Crippen LogP contribution in [0.1, 0.15) is 6.92 Å². The van der Waals surface area contributed by atoms with E-state index < -0.39 is 17.7 Å². The summed E-state index contributed by atoms with van der Waals surface area (Å²) < 4.78 is 26.4. The van der Waals surface area contributed by atoms with E-state index in [2.05, 4.69) is 10.6 Å². The summed E-state index contributed by atoms with van der Waals surface area (Å²) in [4.78, 5) is 28.7. The molecule has 6 nitrogen and oxygen atoms in total. The van der Waals surface area contributed by atoms with Crippen LogP contribution in [0.3, 0.4) is 0 Å². The third kappa shape index (κ3) is 5.98. The number of carbonyl (C=O) groups is 2. The molecule has 2 N–H and O–H groups in total. The van der Waals surface area contributed by atoms with E-state index >= 15 is 0 Å². The van der Waals surface area contributed by atoms with Gasteiger partial charge in [0.2, 0.25) is 11.8 Å². The second-order valence-electron chi connectivity index (χ2n) is 7.16. The zero-order chi connectivity index (χ0) is 21.7. The Balaban J connectivity index is 1.46. The lowest BCUT2D eigenvalue weighted by Crippen LogP contribution is -2.53. The van der Waals surface area contributed by atoms with E-state index in [1.807, 2.05) is 9.80 Å². The molecule has 0 unspecified atom stereocenters. The lowest BCUT2D eigenvalue weighted by atomic mass is 10.2. The van der Waals surface area contributed by atoms with Crippen LogP contribution in [-0.4, -0.2) is 60.4 Å². The molecule has 30 heavy (non-hydrogen) atoms.